The van der Waals surface area contributed by atoms with Crippen LogP contribution in [-0.2, 0) is 9.59 Å². The fraction of sp³-hybridized carbons (Fsp3) is 0.250. The van der Waals surface area contributed by atoms with Crippen molar-refractivity contribution in [1.29, 1.82) is 0 Å². The summed E-state index contributed by atoms with van der Waals surface area (Å²) in [5.74, 6) is -1.03. The van der Waals surface area contributed by atoms with E-state index in [4.69, 9.17) is 11.5 Å². The molecule has 2 aromatic rings. The van der Waals surface area contributed by atoms with E-state index in [1.165, 1.54) is 0 Å². The minimum absolute atomic E-state index is 0. The highest BCUT2D eigenvalue weighted by molar-refractivity contribution is 7.18. The molecule has 2 amide bonds. The molecule has 6 nitrogen and oxygen atoms in total. The Balaban J connectivity index is 0.00000200. The lowest BCUT2D eigenvalue weighted by Crippen LogP contribution is -2.38. The van der Waals surface area contributed by atoms with E-state index < -0.39 is 17.9 Å². The number of fused-ring (bicyclic) bond motifs is 1. The topological polar surface area (TPSA) is 111 Å². The largest absolute Gasteiger partial charge is 0.370 e. The van der Waals surface area contributed by atoms with E-state index in [-0.39, 0.29) is 18.8 Å². The molecule has 108 valence electrons. The predicted octanol–water partition coefficient (Wildman–Crippen LogP) is 1.17. The Hall–Kier alpha value is -1.70. The molecule has 5 N–H and O–H groups in total. The van der Waals surface area contributed by atoms with Crippen LogP contribution in [0, 0.1) is 6.92 Å². The first kappa shape index (κ1) is 16.4. The summed E-state index contributed by atoms with van der Waals surface area (Å²) in [6.45, 7) is 1.92. The van der Waals surface area contributed by atoms with Crippen LogP contribution in [0.5, 0.6) is 0 Å². The molecule has 1 heterocycles. The monoisotopic (exact) mass is 314 g/mol. The summed E-state index contributed by atoms with van der Waals surface area (Å²) in [5.41, 5.74) is 12.1. The number of amides is 2. The summed E-state index contributed by atoms with van der Waals surface area (Å²) in [7, 11) is 0. The van der Waals surface area contributed by atoms with Gasteiger partial charge in [0.15, 0.2) is 0 Å². The number of benzene rings is 1. The van der Waals surface area contributed by atoms with E-state index >= 15 is 0 Å². The number of carbonyl (C=O) groups excluding carboxylic acids is 2. The quantitative estimate of drug-likeness (QED) is 0.786. The normalized spacial score (nSPS) is 11.7. The molecule has 0 aliphatic heterocycles. The molecule has 0 fully saturated rings. The van der Waals surface area contributed by atoms with Gasteiger partial charge in [-0.15, -0.1) is 23.7 Å². The van der Waals surface area contributed by atoms with Gasteiger partial charge in [0.25, 0.3) is 0 Å². The van der Waals surface area contributed by atoms with Crippen molar-refractivity contribution in [3.8, 4) is 0 Å². The van der Waals surface area contributed by atoms with Crippen LogP contribution < -0.4 is 16.8 Å². The number of aryl methyl sites for hydroxylation is 1. The van der Waals surface area contributed by atoms with Crippen LogP contribution in [0.1, 0.15) is 11.4 Å². The lowest BCUT2D eigenvalue weighted by atomic mass is 10.2. The van der Waals surface area contributed by atoms with E-state index in [1.54, 1.807) is 17.4 Å². The Bertz CT molecular complexity index is 643. The molecule has 0 radical (unpaired) electrons. The Morgan fingerprint density at radius 3 is 2.80 bits per heavy atom. The van der Waals surface area contributed by atoms with Crippen LogP contribution >= 0.6 is 23.7 Å². The van der Waals surface area contributed by atoms with Gasteiger partial charge in [0.05, 0.1) is 27.7 Å². The summed E-state index contributed by atoms with van der Waals surface area (Å²) in [6.07, 6.45) is -0.173. The van der Waals surface area contributed by atoms with E-state index in [2.05, 4.69) is 10.3 Å². The van der Waals surface area contributed by atoms with Crippen LogP contribution in [-0.4, -0.2) is 22.8 Å². The average molecular weight is 315 g/mol. The summed E-state index contributed by atoms with van der Waals surface area (Å²) >= 11 is 1.54. The number of hydrogen-bond donors (Lipinski definition) is 3. The van der Waals surface area contributed by atoms with Gasteiger partial charge < -0.3 is 16.8 Å². The number of carbonyl (C=O) groups is 2. The molecular formula is C12H15ClN4O2S. The van der Waals surface area contributed by atoms with Crippen molar-refractivity contribution in [2.24, 2.45) is 11.5 Å². The van der Waals surface area contributed by atoms with Gasteiger partial charge >= 0.3 is 0 Å². The number of anilines is 1. The molecule has 20 heavy (non-hydrogen) atoms. The third-order valence-electron chi connectivity index (χ3n) is 2.52. The van der Waals surface area contributed by atoms with Crippen LogP contribution in [0.3, 0.4) is 0 Å². The standard InChI is InChI=1S/C12H14N4O2S.ClH/c1-6-15-9-3-2-7(4-10(9)19-6)16-12(18)8(13)5-11(14)17;/h2-4,8H,5,13H2,1H3,(H2,14,17)(H,16,18);1H. The van der Waals surface area contributed by atoms with Crippen molar-refractivity contribution in [2.75, 3.05) is 5.32 Å². The number of nitrogens with one attached hydrogen (secondary N) is 1. The zero-order chi connectivity index (χ0) is 14.0. The first-order valence-corrected chi connectivity index (χ1v) is 6.49. The Kier molecular flexibility index (Phi) is 5.43. The third-order valence-corrected chi connectivity index (χ3v) is 3.45. The number of nitrogens with two attached hydrogens (primary N) is 2. The van der Waals surface area contributed by atoms with Gasteiger partial charge in [0, 0.05) is 5.69 Å². The first-order valence-electron chi connectivity index (χ1n) is 5.67. The highest BCUT2D eigenvalue weighted by atomic mass is 35.5. The van der Waals surface area contributed by atoms with Crippen LogP contribution in [0.4, 0.5) is 5.69 Å². The molecule has 8 heteroatoms. The molecule has 2 rings (SSSR count). The Morgan fingerprint density at radius 2 is 2.15 bits per heavy atom. The molecule has 1 aromatic carbocycles. The number of primary amides is 1. The SMILES string of the molecule is Cc1nc2ccc(NC(=O)C(N)CC(N)=O)cc2s1.Cl. The minimum Gasteiger partial charge on any atom is -0.370 e. The maximum atomic E-state index is 11.7. The molecule has 0 saturated carbocycles. The number of rotatable bonds is 4. The maximum absolute atomic E-state index is 11.7. The van der Waals surface area contributed by atoms with Crippen molar-refractivity contribution in [1.82, 2.24) is 4.98 Å². The second-order valence-electron chi connectivity index (χ2n) is 4.18. The molecule has 0 spiro atoms. The van der Waals surface area contributed by atoms with E-state index in [0.717, 1.165) is 15.2 Å². The van der Waals surface area contributed by atoms with Gasteiger partial charge in [-0.1, -0.05) is 0 Å². The number of halogens is 1. The van der Waals surface area contributed by atoms with Crippen molar-refractivity contribution in [3.05, 3.63) is 23.2 Å². The smallest absolute Gasteiger partial charge is 0.241 e. The van der Waals surface area contributed by atoms with Crippen molar-refractivity contribution >= 4 is 51.5 Å². The highest BCUT2D eigenvalue weighted by Crippen LogP contribution is 2.24. The van der Waals surface area contributed by atoms with Crippen LogP contribution in [0.25, 0.3) is 10.2 Å². The lowest BCUT2D eigenvalue weighted by molar-refractivity contribution is -0.123. The van der Waals surface area contributed by atoms with Crippen molar-refractivity contribution in [3.63, 3.8) is 0 Å². The lowest BCUT2D eigenvalue weighted by Gasteiger charge is -2.10. The first-order chi connectivity index (χ1) is 8.95. The van der Waals surface area contributed by atoms with E-state index in [0.29, 0.717) is 5.69 Å². The van der Waals surface area contributed by atoms with Gasteiger partial charge in [-0.2, -0.15) is 0 Å². The molecule has 1 unspecified atom stereocenters. The minimum atomic E-state index is -0.934. The number of hydrogen-bond acceptors (Lipinski definition) is 5. The maximum Gasteiger partial charge on any atom is 0.241 e. The molecule has 1 atom stereocenters. The van der Waals surface area contributed by atoms with Crippen molar-refractivity contribution < 1.29 is 9.59 Å². The van der Waals surface area contributed by atoms with Crippen molar-refractivity contribution in [2.45, 2.75) is 19.4 Å². The number of thiazole rings is 1. The van der Waals surface area contributed by atoms with Crippen LogP contribution in [0.15, 0.2) is 18.2 Å². The number of aromatic nitrogens is 1. The second kappa shape index (κ2) is 6.65. The summed E-state index contributed by atoms with van der Waals surface area (Å²) in [4.78, 5) is 26.8. The molecule has 0 aliphatic carbocycles. The van der Waals surface area contributed by atoms with Gasteiger partial charge in [0.1, 0.15) is 0 Å². The molecule has 0 saturated heterocycles. The number of nitrogens with zero attached hydrogens (tertiary/aromatic N) is 1. The summed E-state index contributed by atoms with van der Waals surface area (Å²) in [5, 5.41) is 3.62. The van der Waals surface area contributed by atoms with Gasteiger partial charge in [-0.25, -0.2) is 4.98 Å². The zero-order valence-corrected chi connectivity index (χ0v) is 12.4. The van der Waals surface area contributed by atoms with Gasteiger partial charge in [-0.3, -0.25) is 9.59 Å². The van der Waals surface area contributed by atoms with Gasteiger partial charge in [0.2, 0.25) is 11.8 Å². The predicted molar refractivity (Wildman–Crippen MR) is 82.0 cm³/mol. The second-order valence-corrected chi connectivity index (χ2v) is 5.42. The molecule has 1 aromatic heterocycles. The summed E-state index contributed by atoms with van der Waals surface area (Å²) in [6, 6.07) is 4.47. The third kappa shape index (κ3) is 3.89. The molecular weight excluding hydrogens is 300 g/mol. The fourth-order valence-electron chi connectivity index (χ4n) is 1.66. The average Bonchev–Trinajstić information content (AvgIpc) is 2.67. The van der Waals surface area contributed by atoms with Crippen LogP contribution in [0.2, 0.25) is 0 Å². The van der Waals surface area contributed by atoms with Gasteiger partial charge in [-0.05, 0) is 25.1 Å². The fourth-order valence-corrected chi connectivity index (χ4v) is 2.53. The zero-order valence-electron chi connectivity index (χ0n) is 10.8. The Morgan fingerprint density at radius 1 is 1.45 bits per heavy atom. The Labute approximate surface area is 126 Å². The van der Waals surface area contributed by atoms with E-state index in [1.807, 2.05) is 19.1 Å². The summed E-state index contributed by atoms with van der Waals surface area (Å²) < 4.78 is 0.985. The molecule has 0 aliphatic rings. The molecule has 0 bridgehead atoms. The highest BCUT2D eigenvalue weighted by Gasteiger charge is 2.16. The van der Waals surface area contributed by atoms with E-state index in [9.17, 15) is 9.59 Å².